The second-order valence-electron chi connectivity index (χ2n) is 4.78. The van der Waals surface area contributed by atoms with Gasteiger partial charge in [0.05, 0.1) is 3.79 Å². The molecule has 18 heavy (non-hydrogen) atoms. The van der Waals surface area contributed by atoms with Crippen molar-refractivity contribution in [1.29, 1.82) is 0 Å². The Morgan fingerprint density at radius 1 is 1.06 bits per heavy atom. The van der Waals surface area contributed by atoms with Gasteiger partial charge in [0.25, 0.3) is 0 Å². The molecule has 0 spiro atoms. The molecule has 0 saturated carbocycles. The van der Waals surface area contributed by atoms with E-state index in [9.17, 15) is 5.11 Å². The van der Waals surface area contributed by atoms with Gasteiger partial charge < -0.3 is 5.11 Å². The van der Waals surface area contributed by atoms with Gasteiger partial charge in [0, 0.05) is 4.88 Å². The average molecular weight is 323 g/mol. The molecule has 0 saturated heterocycles. The Bertz CT molecular complexity index is 561. The third kappa shape index (κ3) is 2.40. The van der Waals surface area contributed by atoms with Crippen molar-refractivity contribution in [2.45, 2.75) is 31.8 Å². The first-order valence-electron chi connectivity index (χ1n) is 6.29. The number of aliphatic hydroxyl groups excluding tert-OH is 1. The van der Waals surface area contributed by atoms with Crippen LogP contribution < -0.4 is 0 Å². The molecule has 0 aliphatic heterocycles. The molecule has 0 amide bonds. The fourth-order valence-corrected chi connectivity index (χ4v) is 4.00. The van der Waals surface area contributed by atoms with Crippen molar-refractivity contribution in [2.75, 3.05) is 0 Å². The molecule has 1 aliphatic carbocycles. The molecular formula is C15H15BrOS. The third-order valence-electron chi connectivity index (χ3n) is 3.55. The zero-order valence-corrected chi connectivity index (χ0v) is 12.4. The number of hydrogen-bond acceptors (Lipinski definition) is 2. The molecule has 0 radical (unpaired) electrons. The lowest BCUT2D eigenvalue weighted by Crippen LogP contribution is -2.05. The lowest BCUT2D eigenvalue weighted by atomic mass is 9.89. The van der Waals surface area contributed by atoms with Gasteiger partial charge in [-0.3, -0.25) is 0 Å². The minimum Gasteiger partial charge on any atom is -0.383 e. The lowest BCUT2D eigenvalue weighted by molar-refractivity contribution is 0.224. The minimum atomic E-state index is -0.492. The van der Waals surface area contributed by atoms with Crippen LogP contribution in [0.2, 0.25) is 0 Å². The van der Waals surface area contributed by atoms with E-state index in [0.29, 0.717) is 0 Å². The van der Waals surface area contributed by atoms with E-state index in [0.717, 1.165) is 20.6 Å². The molecule has 94 valence electrons. The van der Waals surface area contributed by atoms with Gasteiger partial charge in [0.1, 0.15) is 6.10 Å². The summed E-state index contributed by atoms with van der Waals surface area (Å²) in [6.45, 7) is 0. The van der Waals surface area contributed by atoms with Crippen LogP contribution in [0.15, 0.2) is 34.1 Å². The summed E-state index contributed by atoms with van der Waals surface area (Å²) < 4.78 is 1.06. The number of aryl methyl sites for hydroxylation is 2. The minimum absolute atomic E-state index is 0.492. The van der Waals surface area contributed by atoms with Crippen LogP contribution in [0.25, 0.3) is 0 Å². The van der Waals surface area contributed by atoms with Gasteiger partial charge in [0.15, 0.2) is 0 Å². The zero-order valence-electron chi connectivity index (χ0n) is 10.0. The van der Waals surface area contributed by atoms with E-state index in [4.69, 9.17) is 0 Å². The Labute approximate surface area is 120 Å². The second kappa shape index (κ2) is 5.16. The van der Waals surface area contributed by atoms with Gasteiger partial charge in [-0.25, -0.2) is 0 Å². The summed E-state index contributed by atoms with van der Waals surface area (Å²) in [5.74, 6) is 0. The largest absolute Gasteiger partial charge is 0.383 e. The van der Waals surface area contributed by atoms with Gasteiger partial charge >= 0.3 is 0 Å². The van der Waals surface area contributed by atoms with Gasteiger partial charge in [-0.15, -0.1) is 11.3 Å². The highest BCUT2D eigenvalue weighted by Crippen LogP contribution is 2.33. The van der Waals surface area contributed by atoms with Gasteiger partial charge in [-0.1, -0.05) is 18.2 Å². The topological polar surface area (TPSA) is 20.2 Å². The molecule has 1 unspecified atom stereocenters. The molecule has 1 aromatic heterocycles. The maximum absolute atomic E-state index is 10.4. The molecule has 1 aromatic carbocycles. The number of rotatable bonds is 2. The number of hydrogen-bond donors (Lipinski definition) is 1. The SMILES string of the molecule is OC(c1ccc2c(c1)CCCC2)c1ccc(Br)s1. The Hall–Kier alpha value is -0.640. The first-order chi connectivity index (χ1) is 8.74. The van der Waals surface area contributed by atoms with E-state index in [-0.39, 0.29) is 0 Å². The van der Waals surface area contributed by atoms with Crippen molar-refractivity contribution in [3.63, 3.8) is 0 Å². The third-order valence-corrected chi connectivity index (χ3v) is 5.23. The van der Waals surface area contributed by atoms with Crippen molar-refractivity contribution in [3.8, 4) is 0 Å². The van der Waals surface area contributed by atoms with Crippen LogP contribution in [0.3, 0.4) is 0 Å². The standard InChI is InChI=1S/C15H15BrOS/c16-14-8-7-13(18-14)15(17)12-6-5-10-3-1-2-4-11(10)9-12/h5-9,15,17H,1-4H2. The summed E-state index contributed by atoms with van der Waals surface area (Å²) in [5.41, 5.74) is 3.91. The summed E-state index contributed by atoms with van der Waals surface area (Å²) in [6.07, 6.45) is 4.43. The second-order valence-corrected chi connectivity index (χ2v) is 7.27. The van der Waals surface area contributed by atoms with Crippen LogP contribution in [-0.4, -0.2) is 5.11 Å². The zero-order chi connectivity index (χ0) is 12.5. The molecule has 3 heteroatoms. The van der Waals surface area contributed by atoms with Gasteiger partial charge in [-0.2, -0.15) is 0 Å². The lowest BCUT2D eigenvalue weighted by Gasteiger charge is -2.18. The smallest absolute Gasteiger partial charge is 0.113 e. The monoisotopic (exact) mass is 322 g/mol. The van der Waals surface area contributed by atoms with E-state index in [1.54, 1.807) is 11.3 Å². The average Bonchev–Trinajstić information content (AvgIpc) is 2.84. The van der Waals surface area contributed by atoms with E-state index in [2.05, 4.69) is 34.1 Å². The number of fused-ring (bicyclic) bond motifs is 1. The normalized spacial score (nSPS) is 16.3. The highest BCUT2D eigenvalue weighted by molar-refractivity contribution is 9.11. The Kier molecular flexibility index (Phi) is 3.55. The molecule has 1 nitrogen and oxygen atoms in total. The molecule has 0 bridgehead atoms. The summed E-state index contributed by atoms with van der Waals surface area (Å²) in [6, 6.07) is 10.4. The van der Waals surface area contributed by atoms with Crippen LogP contribution >= 0.6 is 27.3 Å². The predicted octanol–water partition coefficient (Wildman–Crippen LogP) is 4.47. The molecule has 0 fully saturated rings. The molecule has 3 rings (SSSR count). The van der Waals surface area contributed by atoms with E-state index in [1.807, 2.05) is 12.1 Å². The van der Waals surface area contributed by atoms with Crippen molar-refractivity contribution in [2.24, 2.45) is 0 Å². The molecule has 1 atom stereocenters. The number of benzene rings is 1. The van der Waals surface area contributed by atoms with Crippen LogP contribution in [0, 0.1) is 0 Å². The first-order valence-corrected chi connectivity index (χ1v) is 7.90. The molecule has 1 aliphatic rings. The summed E-state index contributed by atoms with van der Waals surface area (Å²) in [5, 5.41) is 10.4. The number of halogens is 1. The van der Waals surface area contributed by atoms with Crippen LogP contribution in [0.1, 0.15) is 40.5 Å². The Balaban J connectivity index is 1.92. The fourth-order valence-electron chi connectivity index (χ4n) is 2.56. The van der Waals surface area contributed by atoms with Crippen LogP contribution in [0.4, 0.5) is 0 Å². The van der Waals surface area contributed by atoms with Crippen LogP contribution in [0.5, 0.6) is 0 Å². The van der Waals surface area contributed by atoms with Crippen LogP contribution in [-0.2, 0) is 12.8 Å². The highest BCUT2D eigenvalue weighted by atomic mass is 79.9. The summed E-state index contributed by atoms with van der Waals surface area (Å²) >= 11 is 5.04. The fraction of sp³-hybridized carbons (Fsp3) is 0.333. The summed E-state index contributed by atoms with van der Waals surface area (Å²) in [4.78, 5) is 0.998. The Morgan fingerprint density at radius 3 is 2.56 bits per heavy atom. The molecule has 2 aromatic rings. The van der Waals surface area contributed by atoms with Crippen molar-refractivity contribution >= 4 is 27.3 Å². The van der Waals surface area contributed by atoms with E-state index in [1.165, 1.54) is 30.4 Å². The summed E-state index contributed by atoms with van der Waals surface area (Å²) in [7, 11) is 0. The molecule has 1 heterocycles. The van der Waals surface area contributed by atoms with E-state index < -0.39 is 6.10 Å². The number of aliphatic hydroxyl groups is 1. The maximum Gasteiger partial charge on any atom is 0.113 e. The number of thiophene rings is 1. The molecular weight excluding hydrogens is 308 g/mol. The van der Waals surface area contributed by atoms with E-state index >= 15 is 0 Å². The van der Waals surface area contributed by atoms with Gasteiger partial charge in [-0.05, 0) is 70.4 Å². The maximum atomic E-state index is 10.4. The van der Waals surface area contributed by atoms with Gasteiger partial charge in [0.2, 0.25) is 0 Å². The highest BCUT2D eigenvalue weighted by Gasteiger charge is 2.16. The van der Waals surface area contributed by atoms with Crippen molar-refractivity contribution < 1.29 is 5.11 Å². The first kappa shape index (κ1) is 12.4. The van der Waals surface area contributed by atoms with Crippen molar-refractivity contribution in [1.82, 2.24) is 0 Å². The Morgan fingerprint density at radius 2 is 1.83 bits per heavy atom. The predicted molar refractivity (Wildman–Crippen MR) is 79.2 cm³/mol. The van der Waals surface area contributed by atoms with Crippen molar-refractivity contribution in [3.05, 3.63) is 55.7 Å². The quantitative estimate of drug-likeness (QED) is 0.864. The molecule has 1 N–H and O–H groups in total.